The number of hydrogen-bond acceptors (Lipinski definition) is 5. The lowest BCUT2D eigenvalue weighted by Gasteiger charge is -2.57. The van der Waals surface area contributed by atoms with Crippen molar-refractivity contribution in [1.29, 1.82) is 0 Å². The quantitative estimate of drug-likeness (QED) is 0.113. The molecular formula is C46H44FN3O7. The number of carboxylic acids is 2. The zero-order valence-electron chi connectivity index (χ0n) is 31.2. The summed E-state index contributed by atoms with van der Waals surface area (Å²) in [6, 6.07) is 23.4. The molecule has 2 unspecified atom stereocenters. The Morgan fingerprint density at radius 2 is 1.18 bits per heavy atom. The van der Waals surface area contributed by atoms with Gasteiger partial charge >= 0.3 is 11.9 Å². The Kier molecular flexibility index (Phi) is 9.21. The maximum Gasteiger partial charge on any atom is 0.335 e. The molecule has 3 atom stereocenters. The van der Waals surface area contributed by atoms with E-state index in [2.05, 4.69) is 16.0 Å². The molecule has 5 N–H and O–H groups in total. The van der Waals surface area contributed by atoms with Gasteiger partial charge in [-0.3, -0.25) is 14.4 Å². The molecule has 0 spiro atoms. The van der Waals surface area contributed by atoms with Gasteiger partial charge < -0.3 is 26.2 Å². The molecule has 57 heavy (non-hydrogen) atoms. The van der Waals surface area contributed by atoms with Crippen LogP contribution in [0.1, 0.15) is 98.9 Å². The van der Waals surface area contributed by atoms with Crippen LogP contribution in [-0.4, -0.2) is 52.5 Å². The highest BCUT2D eigenvalue weighted by atomic mass is 19.1. The van der Waals surface area contributed by atoms with Crippen LogP contribution in [0.4, 0.5) is 10.1 Å². The number of rotatable bonds is 11. The SMILES string of the molecule is O=C(O)c1cc(NC(=O)[C@H](Cc2cccc(F)c2)NC(=O)C2C3c4ccccc4C(c4ccccc43)C2C(=O)NCC23CC4CC(CC(C4)C2)C3)cc(C(=O)O)c1. The predicted octanol–water partition coefficient (Wildman–Crippen LogP) is 6.74. The van der Waals surface area contributed by atoms with E-state index in [4.69, 9.17) is 0 Å². The lowest BCUT2D eigenvalue weighted by atomic mass is 9.49. The van der Waals surface area contributed by atoms with E-state index in [1.165, 1.54) is 37.5 Å². The van der Waals surface area contributed by atoms with Gasteiger partial charge in [0.25, 0.3) is 0 Å². The van der Waals surface area contributed by atoms with Crippen LogP contribution in [0.25, 0.3) is 0 Å². The fourth-order valence-corrected chi connectivity index (χ4v) is 11.8. The number of halogens is 1. The number of carbonyl (C=O) groups excluding carboxylic acids is 3. The standard InChI is InChI=1S/C46H44FN3O7/c47-30-7-5-6-24(15-30)16-36(41(51)49-31-18-28(44(54)55)17-29(19-31)45(56)57)50-43(53)40-38-34-10-3-1-8-32(34)37(33-9-2-4-11-35(33)38)39(40)42(52)48-23-46-20-25-12-26(21-46)14-27(13-25)22-46/h1-11,15,17-19,25-27,36-40H,12-14,16,20-23H2,(H,48,52)(H,49,51)(H,50,53)(H,54,55)(H,56,57)/t25?,26?,27?,36-,37?,38?,39?,40?,46?/m0/s1. The van der Waals surface area contributed by atoms with Gasteiger partial charge in [-0.25, -0.2) is 14.0 Å². The summed E-state index contributed by atoms with van der Waals surface area (Å²) in [6.07, 6.45) is 7.06. The second kappa shape index (κ2) is 14.3. The van der Waals surface area contributed by atoms with Gasteiger partial charge in [-0.1, -0.05) is 60.7 Å². The Labute approximate surface area is 329 Å². The van der Waals surface area contributed by atoms with Crippen molar-refractivity contribution in [2.24, 2.45) is 35.0 Å². The number of nitrogens with one attached hydrogen (secondary N) is 3. The number of benzene rings is 4. The van der Waals surface area contributed by atoms with Crippen molar-refractivity contribution in [3.63, 3.8) is 0 Å². The Bertz CT molecular complexity index is 2210. The smallest absolute Gasteiger partial charge is 0.335 e. The first-order valence-electron chi connectivity index (χ1n) is 19.9. The van der Waals surface area contributed by atoms with Gasteiger partial charge in [-0.2, -0.15) is 0 Å². The molecule has 4 saturated carbocycles. The Balaban J connectivity index is 1.06. The third-order valence-electron chi connectivity index (χ3n) is 13.5. The predicted molar refractivity (Wildman–Crippen MR) is 208 cm³/mol. The van der Waals surface area contributed by atoms with Gasteiger partial charge in [0.1, 0.15) is 11.9 Å². The molecular weight excluding hydrogens is 726 g/mol. The highest BCUT2D eigenvalue weighted by Crippen LogP contribution is 2.61. The highest BCUT2D eigenvalue weighted by Gasteiger charge is 2.56. The third-order valence-corrected chi connectivity index (χ3v) is 13.5. The second-order valence-corrected chi connectivity index (χ2v) is 17.2. The van der Waals surface area contributed by atoms with Gasteiger partial charge in [-0.05, 0) is 120 Å². The zero-order chi connectivity index (χ0) is 39.6. The minimum Gasteiger partial charge on any atom is -0.478 e. The Hall–Kier alpha value is -5.84. The molecule has 11 heteroatoms. The van der Waals surface area contributed by atoms with Crippen LogP contribution >= 0.6 is 0 Å². The topological polar surface area (TPSA) is 162 Å². The van der Waals surface area contributed by atoms with Crippen molar-refractivity contribution in [3.05, 3.63) is 136 Å². The molecule has 10 nitrogen and oxygen atoms in total. The largest absolute Gasteiger partial charge is 0.478 e. The maximum atomic E-state index is 15.1. The maximum absolute atomic E-state index is 15.1. The highest BCUT2D eigenvalue weighted by molar-refractivity contribution is 6.02. The fraction of sp³-hybridized carbons (Fsp3) is 0.370. The minimum absolute atomic E-state index is 0.0677. The molecule has 4 aromatic carbocycles. The Morgan fingerprint density at radius 3 is 1.67 bits per heavy atom. The first-order chi connectivity index (χ1) is 27.4. The van der Waals surface area contributed by atoms with Crippen LogP contribution in [0.2, 0.25) is 0 Å². The lowest BCUT2D eigenvalue weighted by molar-refractivity contribution is -0.139. The molecule has 292 valence electrons. The first-order valence-corrected chi connectivity index (χ1v) is 19.9. The molecule has 7 aliphatic carbocycles. The van der Waals surface area contributed by atoms with Gasteiger partial charge in [0, 0.05) is 30.5 Å². The van der Waals surface area contributed by atoms with Crippen molar-refractivity contribution in [3.8, 4) is 0 Å². The average Bonchev–Trinajstić information content (AvgIpc) is 3.18. The molecule has 0 heterocycles. The number of carboxylic acid groups (broad SMARTS) is 2. The van der Waals surface area contributed by atoms with Gasteiger partial charge in [0.2, 0.25) is 17.7 Å². The fourth-order valence-electron chi connectivity index (χ4n) is 11.8. The van der Waals surface area contributed by atoms with Crippen LogP contribution in [0.15, 0.2) is 91.0 Å². The molecule has 0 radical (unpaired) electrons. The van der Waals surface area contributed by atoms with Crippen molar-refractivity contribution >= 4 is 35.3 Å². The number of carbonyl (C=O) groups is 5. The normalized spacial score (nSPS) is 27.8. The summed E-state index contributed by atoms with van der Waals surface area (Å²) in [5, 5.41) is 28.2. The summed E-state index contributed by atoms with van der Waals surface area (Å²) in [4.78, 5) is 67.8. The second-order valence-electron chi connectivity index (χ2n) is 17.2. The zero-order valence-corrected chi connectivity index (χ0v) is 31.2. The van der Waals surface area contributed by atoms with Gasteiger partial charge in [-0.15, -0.1) is 0 Å². The molecule has 11 rings (SSSR count). The minimum atomic E-state index is -1.39. The van der Waals surface area contributed by atoms with Crippen molar-refractivity contribution < 1.29 is 38.6 Å². The van der Waals surface area contributed by atoms with Crippen LogP contribution in [-0.2, 0) is 20.8 Å². The van der Waals surface area contributed by atoms with Gasteiger partial charge in [0.15, 0.2) is 0 Å². The van der Waals surface area contributed by atoms with E-state index in [1.54, 1.807) is 6.07 Å². The van der Waals surface area contributed by atoms with Crippen molar-refractivity contribution in [2.45, 2.75) is 62.8 Å². The van der Waals surface area contributed by atoms with Gasteiger partial charge in [0.05, 0.1) is 23.0 Å². The molecule has 0 aromatic heterocycles. The van der Waals surface area contributed by atoms with E-state index in [-0.39, 0.29) is 34.6 Å². The molecule has 7 aliphatic rings. The molecule has 0 saturated heterocycles. The van der Waals surface area contributed by atoms with E-state index in [0.717, 1.165) is 59.7 Å². The number of fused-ring (bicyclic) bond motifs is 1. The molecule has 4 fully saturated rings. The molecule has 4 aromatic rings. The van der Waals surface area contributed by atoms with Crippen LogP contribution < -0.4 is 16.0 Å². The van der Waals surface area contributed by atoms with Crippen LogP contribution in [0.3, 0.4) is 0 Å². The van der Waals surface area contributed by atoms with E-state index < -0.39 is 59.3 Å². The van der Waals surface area contributed by atoms with E-state index in [9.17, 15) is 33.8 Å². The summed E-state index contributed by atoms with van der Waals surface area (Å²) >= 11 is 0. The summed E-state index contributed by atoms with van der Waals surface area (Å²) < 4.78 is 14.4. The molecule has 6 bridgehead atoms. The average molecular weight is 770 g/mol. The number of hydrogen-bond donors (Lipinski definition) is 5. The van der Waals surface area contributed by atoms with Crippen molar-refractivity contribution in [1.82, 2.24) is 10.6 Å². The summed E-state index contributed by atoms with van der Waals surface area (Å²) in [5.41, 5.74) is 3.57. The monoisotopic (exact) mass is 769 g/mol. The summed E-state index contributed by atoms with van der Waals surface area (Å²) in [7, 11) is 0. The van der Waals surface area contributed by atoms with E-state index in [0.29, 0.717) is 29.9 Å². The summed E-state index contributed by atoms with van der Waals surface area (Å²) in [5.74, 6) is -5.29. The van der Waals surface area contributed by atoms with Crippen molar-refractivity contribution in [2.75, 3.05) is 11.9 Å². The summed E-state index contributed by atoms with van der Waals surface area (Å²) in [6.45, 7) is 0.569. The number of anilines is 1. The Morgan fingerprint density at radius 1 is 0.667 bits per heavy atom. The number of amides is 3. The number of aromatic carboxylic acids is 2. The lowest BCUT2D eigenvalue weighted by Crippen LogP contribution is -2.57. The van der Waals surface area contributed by atoms with E-state index >= 15 is 4.79 Å². The van der Waals surface area contributed by atoms with Crippen LogP contribution in [0.5, 0.6) is 0 Å². The van der Waals surface area contributed by atoms with Crippen LogP contribution in [0, 0.1) is 40.8 Å². The third kappa shape index (κ3) is 6.76. The first kappa shape index (κ1) is 36.8. The molecule has 0 aliphatic heterocycles. The van der Waals surface area contributed by atoms with E-state index in [1.807, 2.05) is 48.5 Å². The molecule has 3 amide bonds.